The highest BCUT2D eigenvalue weighted by Gasteiger charge is 2.22. The number of nitrogens with zero attached hydrogens (tertiary/aromatic N) is 3. The topological polar surface area (TPSA) is 88.9 Å². The van der Waals surface area contributed by atoms with Crippen molar-refractivity contribution in [1.82, 2.24) is 14.9 Å². The lowest BCUT2D eigenvalue weighted by Gasteiger charge is -2.27. The van der Waals surface area contributed by atoms with Gasteiger partial charge >= 0.3 is 0 Å². The predicted molar refractivity (Wildman–Crippen MR) is 109 cm³/mol. The molecule has 0 bridgehead atoms. The van der Waals surface area contributed by atoms with Crippen molar-refractivity contribution in [1.29, 1.82) is 0 Å². The Morgan fingerprint density at radius 3 is 2.53 bits per heavy atom. The number of quaternary nitrogens is 1. The quantitative estimate of drug-likeness (QED) is 0.647. The molecule has 8 nitrogen and oxygen atoms in total. The van der Waals surface area contributed by atoms with Crippen LogP contribution in [0.2, 0.25) is 0 Å². The van der Waals surface area contributed by atoms with Gasteiger partial charge in [0, 0.05) is 24.8 Å². The highest BCUT2D eigenvalue weighted by molar-refractivity contribution is 5.93. The summed E-state index contributed by atoms with van der Waals surface area (Å²) in [4.78, 5) is 36.6. The SMILES string of the molecule is Cc1cnc(C(=O)N(CCC(=O)Nc2ccc(F)cc2)CC[NH+]2CCOCC2)cn1. The molecular weight excluding hydrogens is 389 g/mol. The van der Waals surface area contributed by atoms with Crippen LogP contribution >= 0.6 is 0 Å². The highest BCUT2D eigenvalue weighted by Crippen LogP contribution is 2.09. The van der Waals surface area contributed by atoms with Crippen LogP contribution in [-0.4, -0.2) is 72.6 Å². The Labute approximate surface area is 175 Å². The second-order valence-corrected chi connectivity index (χ2v) is 7.25. The summed E-state index contributed by atoms with van der Waals surface area (Å²) in [5, 5.41) is 2.72. The molecular formula is C21H27FN5O3+. The van der Waals surface area contributed by atoms with Gasteiger partial charge in [0.05, 0.1) is 38.2 Å². The molecule has 1 fully saturated rings. The van der Waals surface area contributed by atoms with E-state index in [4.69, 9.17) is 4.74 Å². The number of hydrogen-bond donors (Lipinski definition) is 2. The number of ether oxygens (including phenoxy) is 1. The molecule has 3 rings (SSSR count). The number of halogens is 1. The first-order valence-electron chi connectivity index (χ1n) is 10.1. The van der Waals surface area contributed by atoms with E-state index in [0.717, 1.165) is 25.3 Å². The molecule has 1 saturated heterocycles. The van der Waals surface area contributed by atoms with Gasteiger partial charge in [-0.25, -0.2) is 9.37 Å². The number of aryl methyl sites for hydroxylation is 1. The fraction of sp³-hybridized carbons (Fsp3) is 0.429. The second kappa shape index (κ2) is 10.7. The summed E-state index contributed by atoms with van der Waals surface area (Å²) >= 11 is 0. The van der Waals surface area contributed by atoms with Crippen molar-refractivity contribution in [2.24, 2.45) is 0 Å². The molecule has 0 saturated carbocycles. The van der Waals surface area contributed by atoms with Crippen LogP contribution in [0.4, 0.5) is 10.1 Å². The molecule has 2 heterocycles. The summed E-state index contributed by atoms with van der Waals surface area (Å²) in [6, 6.07) is 5.57. The molecule has 0 unspecified atom stereocenters. The molecule has 1 aromatic heterocycles. The number of nitrogens with one attached hydrogen (secondary N) is 2. The van der Waals surface area contributed by atoms with E-state index in [1.165, 1.54) is 35.4 Å². The summed E-state index contributed by atoms with van der Waals surface area (Å²) < 4.78 is 18.4. The lowest BCUT2D eigenvalue weighted by Crippen LogP contribution is -3.14. The predicted octanol–water partition coefficient (Wildman–Crippen LogP) is 0.310. The number of aromatic nitrogens is 2. The third kappa shape index (κ3) is 6.57. The van der Waals surface area contributed by atoms with E-state index in [2.05, 4.69) is 15.3 Å². The smallest absolute Gasteiger partial charge is 0.274 e. The van der Waals surface area contributed by atoms with Crippen LogP contribution < -0.4 is 10.2 Å². The summed E-state index contributed by atoms with van der Waals surface area (Å²) in [5.41, 5.74) is 1.51. The van der Waals surface area contributed by atoms with E-state index in [-0.39, 0.29) is 36.3 Å². The highest BCUT2D eigenvalue weighted by atomic mass is 19.1. The standard InChI is InChI=1S/C21H26FN5O3/c1-16-14-24-19(15-23-16)21(29)27(9-8-26-10-12-30-13-11-26)7-6-20(28)25-18-4-2-17(22)3-5-18/h2-5,14-15H,6-13H2,1H3,(H,25,28)/p+1. The van der Waals surface area contributed by atoms with Crippen LogP contribution in [0.5, 0.6) is 0 Å². The van der Waals surface area contributed by atoms with Crippen molar-refractivity contribution in [3.8, 4) is 0 Å². The maximum Gasteiger partial charge on any atom is 0.274 e. The van der Waals surface area contributed by atoms with E-state index in [1.807, 2.05) is 0 Å². The lowest BCUT2D eigenvalue weighted by atomic mass is 10.2. The Morgan fingerprint density at radius 1 is 1.13 bits per heavy atom. The molecule has 0 spiro atoms. The van der Waals surface area contributed by atoms with Crippen molar-refractivity contribution >= 4 is 17.5 Å². The first-order chi connectivity index (χ1) is 14.5. The molecule has 0 radical (unpaired) electrons. The number of amides is 2. The molecule has 160 valence electrons. The number of anilines is 1. The fourth-order valence-electron chi connectivity index (χ4n) is 3.18. The van der Waals surface area contributed by atoms with Gasteiger partial charge in [0.2, 0.25) is 5.91 Å². The third-order valence-corrected chi connectivity index (χ3v) is 4.96. The van der Waals surface area contributed by atoms with Crippen LogP contribution in [-0.2, 0) is 9.53 Å². The minimum absolute atomic E-state index is 0.126. The number of rotatable bonds is 8. The van der Waals surface area contributed by atoms with E-state index in [1.54, 1.807) is 18.0 Å². The largest absolute Gasteiger partial charge is 0.370 e. The van der Waals surface area contributed by atoms with E-state index in [0.29, 0.717) is 25.4 Å². The van der Waals surface area contributed by atoms with Crippen LogP contribution in [0.15, 0.2) is 36.7 Å². The van der Waals surface area contributed by atoms with Crippen molar-refractivity contribution < 1.29 is 23.6 Å². The Balaban J connectivity index is 1.60. The summed E-state index contributed by atoms with van der Waals surface area (Å²) in [7, 11) is 0. The molecule has 2 amide bonds. The fourth-order valence-corrected chi connectivity index (χ4v) is 3.18. The van der Waals surface area contributed by atoms with Crippen LogP contribution in [0.25, 0.3) is 0 Å². The molecule has 0 aliphatic carbocycles. The van der Waals surface area contributed by atoms with Crippen molar-refractivity contribution in [3.05, 3.63) is 53.9 Å². The first-order valence-corrected chi connectivity index (χ1v) is 10.1. The van der Waals surface area contributed by atoms with Crippen LogP contribution in [0, 0.1) is 12.7 Å². The molecule has 1 aromatic carbocycles. The summed E-state index contributed by atoms with van der Waals surface area (Å²) in [6.45, 7) is 6.57. The number of carbonyl (C=O) groups is 2. The van der Waals surface area contributed by atoms with Gasteiger partial charge in [-0.05, 0) is 31.2 Å². The third-order valence-electron chi connectivity index (χ3n) is 4.96. The van der Waals surface area contributed by atoms with Gasteiger partial charge in [-0.1, -0.05) is 0 Å². The molecule has 2 aromatic rings. The van der Waals surface area contributed by atoms with Gasteiger partial charge in [0.25, 0.3) is 5.91 Å². The Bertz CT molecular complexity index is 839. The van der Waals surface area contributed by atoms with Crippen LogP contribution in [0.3, 0.4) is 0 Å². The minimum atomic E-state index is -0.366. The summed E-state index contributed by atoms with van der Waals surface area (Å²) in [6.07, 6.45) is 3.14. The molecule has 1 aliphatic rings. The zero-order valence-electron chi connectivity index (χ0n) is 17.1. The maximum atomic E-state index is 13.0. The van der Waals surface area contributed by atoms with Crippen LogP contribution in [0.1, 0.15) is 22.6 Å². The average Bonchev–Trinajstić information content (AvgIpc) is 2.76. The van der Waals surface area contributed by atoms with Gasteiger partial charge in [0.15, 0.2) is 0 Å². The normalized spacial score (nSPS) is 14.3. The number of morpholine rings is 1. The number of benzene rings is 1. The monoisotopic (exact) mass is 416 g/mol. The van der Waals surface area contributed by atoms with Gasteiger partial charge in [0.1, 0.15) is 24.6 Å². The molecule has 0 atom stereocenters. The van der Waals surface area contributed by atoms with Gasteiger partial charge in [-0.2, -0.15) is 0 Å². The molecule has 2 N–H and O–H groups in total. The summed E-state index contributed by atoms with van der Waals surface area (Å²) in [5.74, 6) is -0.854. The Morgan fingerprint density at radius 2 is 1.87 bits per heavy atom. The zero-order chi connectivity index (χ0) is 21.3. The number of hydrogen-bond acceptors (Lipinski definition) is 5. The van der Waals surface area contributed by atoms with Gasteiger partial charge in [-0.3, -0.25) is 14.6 Å². The van der Waals surface area contributed by atoms with Gasteiger partial charge < -0.3 is 19.9 Å². The minimum Gasteiger partial charge on any atom is -0.370 e. The van der Waals surface area contributed by atoms with E-state index >= 15 is 0 Å². The molecule has 9 heteroatoms. The lowest BCUT2D eigenvalue weighted by molar-refractivity contribution is -0.907. The first kappa shape index (κ1) is 21.8. The van der Waals surface area contributed by atoms with E-state index < -0.39 is 0 Å². The van der Waals surface area contributed by atoms with Crippen molar-refractivity contribution in [2.75, 3.05) is 51.3 Å². The second-order valence-electron chi connectivity index (χ2n) is 7.25. The van der Waals surface area contributed by atoms with Crippen molar-refractivity contribution in [2.45, 2.75) is 13.3 Å². The molecule has 30 heavy (non-hydrogen) atoms. The Hall–Kier alpha value is -2.91. The van der Waals surface area contributed by atoms with E-state index in [9.17, 15) is 14.0 Å². The maximum absolute atomic E-state index is 13.0. The average molecular weight is 416 g/mol. The molecule has 1 aliphatic heterocycles. The Kier molecular flexibility index (Phi) is 7.81. The zero-order valence-corrected chi connectivity index (χ0v) is 17.1. The van der Waals surface area contributed by atoms with Crippen molar-refractivity contribution in [3.63, 3.8) is 0 Å². The number of carbonyl (C=O) groups excluding carboxylic acids is 2. The van der Waals surface area contributed by atoms with Gasteiger partial charge in [-0.15, -0.1) is 0 Å².